The van der Waals surface area contributed by atoms with Gasteiger partial charge in [0, 0.05) is 12.6 Å². The third-order valence-corrected chi connectivity index (χ3v) is 2.64. The van der Waals surface area contributed by atoms with E-state index in [-0.39, 0.29) is 5.75 Å². The second kappa shape index (κ2) is 7.99. The minimum absolute atomic E-state index is 0.250. The van der Waals surface area contributed by atoms with E-state index in [4.69, 9.17) is 4.74 Å². The average molecular weight is 291 g/mol. The SMILES string of the molecule is CCCC(C)NCCOc1ccc(OC(F)(F)F)cc1. The largest absolute Gasteiger partial charge is 0.573 e. The van der Waals surface area contributed by atoms with E-state index in [2.05, 4.69) is 23.9 Å². The average Bonchev–Trinajstić information content (AvgIpc) is 2.35. The molecule has 1 aromatic carbocycles. The van der Waals surface area contributed by atoms with E-state index in [0.717, 1.165) is 12.8 Å². The Hall–Kier alpha value is -1.43. The van der Waals surface area contributed by atoms with Crippen molar-refractivity contribution in [2.24, 2.45) is 0 Å². The normalized spacial score (nSPS) is 13.1. The highest BCUT2D eigenvalue weighted by Gasteiger charge is 2.30. The van der Waals surface area contributed by atoms with Gasteiger partial charge in [-0.25, -0.2) is 0 Å². The predicted molar refractivity (Wildman–Crippen MR) is 71.0 cm³/mol. The van der Waals surface area contributed by atoms with Crippen LogP contribution in [0.5, 0.6) is 11.5 Å². The third kappa shape index (κ3) is 7.23. The summed E-state index contributed by atoms with van der Waals surface area (Å²) in [5.41, 5.74) is 0. The van der Waals surface area contributed by atoms with Crippen LogP contribution in [-0.4, -0.2) is 25.6 Å². The number of halogens is 3. The van der Waals surface area contributed by atoms with Crippen molar-refractivity contribution in [1.29, 1.82) is 0 Å². The number of ether oxygens (including phenoxy) is 2. The topological polar surface area (TPSA) is 30.5 Å². The first-order valence-corrected chi connectivity index (χ1v) is 6.62. The first kappa shape index (κ1) is 16.6. The van der Waals surface area contributed by atoms with E-state index in [0.29, 0.717) is 24.9 Å². The maximum absolute atomic E-state index is 12.0. The molecule has 0 aliphatic heterocycles. The molecule has 1 unspecified atom stereocenters. The summed E-state index contributed by atoms with van der Waals surface area (Å²) >= 11 is 0. The van der Waals surface area contributed by atoms with Crippen LogP contribution in [0, 0.1) is 0 Å². The molecule has 0 aromatic heterocycles. The zero-order valence-corrected chi connectivity index (χ0v) is 11.7. The summed E-state index contributed by atoms with van der Waals surface area (Å²) < 4.78 is 45.1. The van der Waals surface area contributed by atoms with Gasteiger partial charge in [-0.05, 0) is 37.6 Å². The van der Waals surface area contributed by atoms with E-state index in [1.165, 1.54) is 24.3 Å². The molecule has 0 bridgehead atoms. The van der Waals surface area contributed by atoms with E-state index < -0.39 is 6.36 Å². The highest BCUT2D eigenvalue weighted by Crippen LogP contribution is 2.24. The lowest BCUT2D eigenvalue weighted by Gasteiger charge is -2.13. The van der Waals surface area contributed by atoms with Crippen LogP contribution in [0.1, 0.15) is 26.7 Å². The smallest absolute Gasteiger partial charge is 0.492 e. The van der Waals surface area contributed by atoms with Crippen molar-refractivity contribution in [1.82, 2.24) is 5.32 Å². The first-order valence-electron chi connectivity index (χ1n) is 6.62. The van der Waals surface area contributed by atoms with Crippen molar-refractivity contribution >= 4 is 0 Å². The molecule has 6 heteroatoms. The van der Waals surface area contributed by atoms with E-state index in [9.17, 15) is 13.2 Å². The van der Waals surface area contributed by atoms with Gasteiger partial charge < -0.3 is 14.8 Å². The summed E-state index contributed by atoms with van der Waals surface area (Å²) in [6, 6.07) is 5.81. The predicted octanol–water partition coefficient (Wildman–Crippen LogP) is 3.74. The van der Waals surface area contributed by atoms with Gasteiger partial charge in [-0.2, -0.15) is 0 Å². The maximum Gasteiger partial charge on any atom is 0.573 e. The molecule has 1 rings (SSSR count). The van der Waals surface area contributed by atoms with Crippen LogP contribution in [0.4, 0.5) is 13.2 Å². The van der Waals surface area contributed by atoms with Crippen LogP contribution in [0.3, 0.4) is 0 Å². The van der Waals surface area contributed by atoms with Crippen molar-refractivity contribution in [2.45, 2.75) is 39.1 Å². The van der Waals surface area contributed by atoms with Crippen LogP contribution in [0.2, 0.25) is 0 Å². The summed E-state index contributed by atoms with van der Waals surface area (Å²) in [5, 5.41) is 3.30. The maximum atomic E-state index is 12.0. The fourth-order valence-corrected chi connectivity index (χ4v) is 1.75. The summed E-state index contributed by atoms with van der Waals surface area (Å²) in [7, 11) is 0. The molecule has 0 saturated heterocycles. The zero-order valence-electron chi connectivity index (χ0n) is 11.7. The number of hydrogen-bond donors (Lipinski definition) is 1. The Morgan fingerprint density at radius 3 is 2.30 bits per heavy atom. The van der Waals surface area contributed by atoms with Gasteiger partial charge in [-0.15, -0.1) is 13.2 Å². The van der Waals surface area contributed by atoms with Crippen molar-refractivity contribution in [3.8, 4) is 11.5 Å². The minimum Gasteiger partial charge on any atom is -0.492 e. The molecule has 0 aliphatic rings. The van der Waals surface area contributed by atoms with Gasteiger partial charge >= 0.3 is 6.36 Å². The molecule has 0 radical (unpaired) electrons. The van der Waals surface area contributed by atoms with Gasteiger partial charge in [0.05, 0.1) is 0 Å². The number of benzene rings is 1. The number of nitrogens with one attached hydrogen (secondary N) is 1. The third-order valence-electron chi connectivity index (χ3n) is 2.64. The summed E-state index contributed by atoms with van der Waals surface area (Å²) in [5.74, 6) is 0.268. The van der Waals surface area contributed by atoms with Crippen LogP contribution >= 0.6 is 0 Å². The van der Waals surface area contributed by atoms with Crippen LogP contribution in [0.25, 0.3) is 0 Å². The molecule has 0 heterocycles. The molecule has 20 heavy (non-hydrogen) atoms. The highest BCUT2D eigenvalue weighted by molar-refractivity contribution is 5.31. The molecule has 0 spiro atoms. The second-order valence-corrected chi connectivity index (χ2v) is 4.51. The van der Waals surface area contributed by atoms with E-state index in [1.807, 2.05) is 0 Å². The van der Waals surface area contributed by atoms with E-state index >= 15 is 0 Å². The van der Waals surface area contributed by atoms with Crippen molar-refractivity contribution in [2.75, 3.05) is 13.2 Å². The number of hydrogen-bond acceptors (Lipinski definition) is 3. The van der Waals surface area contributed by atoms with Gasteiger partial charge in [-0.1, -0.05) is 13.3 Å². The lowest BCUT2D eigenvalue weighted by atomic mass is 10.2. The highest BCUT2D eigenvalue weighted by atomic mass is 19.4. The Balaban J connectivity index is 2.28. The van der Waals surface area contributed by atoms with Crippen molar-refractivity contribution < 1.29 is 22.6 Å². The summed E-state index contributed by atoms with van der Waals surface area (Å²) in [4.78, 5) is 0. The summed E-state index contributed by atoms with van der Waals surface area (Å²) in [6.45, 7) is 5.39. The molecular weight excluding hydrogens is 271 g/mol. The van der Waals surface area contributed by atoms with Crippen LogP contribution in [-0.2, 0) is 0 Å². The standard InChI is InChI=1S/C14H20F3NO2/c1-3-4-11(2)18-9-10-19-12-5-7-13(8-6-12)20-14(15,16)17/h5-8,11,18H,3-4,9-10H2,1-2H3. The Bertz CT molecular complexity index is 379. The first-order chi connectivity index (χ1) is 9.40. The Kier molecular flexibility index (Phi) is 6.64. The van der Waals surface area contributed by atoms with E-state index in [1.54, 1.807) is 0 Å². The lowest BCUT2D eigenvalue weighted by molar-refractivity contribution is -0.274. The van der Waals surface area contributed by atoms with Gasteiger partial charge in [0.1, 0.15) is 18.1 Å². The van der Waals surface area contributed by atoms with Gasteiger partial charge in [-0.3, -0.25) is 0 Å². The second-order valence-electron chi connectivity index (χ2n) is 4.51. The molecule has 0 amide bonds. The molecule has 3 nitrogen and oxygen atoms in total. The van der Waals surface area contributed by atoms with Gasteiger partial charge in [0.25, 0.3) is 0 Å². The van der Waals surface area contributed by atoms with Gasteiger partial charge in [0.2, 0.25) is 0 Å². The molecule has 114 valence electrons. The van der Waals surface area contributed by atoms with Crippen molar-refractivity contribution in [3.05, 3.63) is 24.3 Å². The lowest BCUT2D eigenvalue weighted by Crippen LogP contribution is -2.29. The van der Waals surface area contributed by atoms with Crippen LogP contribution < -0.4 is 14.8 Å². The summed E-state index contributed by atoms with van der Waals surface area (Å²) in [6.07, 6.45) is -2.44. The van der Waals surface area contributed by atoms with Crippen molar-refractivity contribution in [3.63, 3.8) is 0 Å². The molecule has 0 aliphatic carbocycles. The van der Waals surface area contributed by atoms with Crippen LogP contribution in [0.15, 0.2) is 24.3 Å². The quantitative estimate of drug-likeness (QED) is 0.740. The molecular formula is C14H20F3NO2. The molecule has 1 atom stereocenters. The number of rotatable bonds is 8. The zero-order chi connectivity index (χ0) is 15.0. The Morgan fingerprint density at radius 1 is 1.15 bits per heavy atom. The Labute approximate surface area is 117 Å². The molecule has 0 saturated carbocycles. The Morgan fingerprint density at radius 2 is 1.75 bits per heavy atom. The molecule has 1 aromatic rings. The number of alkyl halides is 3. The monoisotopic (exact) mass is 291 g/mol. The minimum atomic E-state index is -4.66. The molecule has 0 fully saturated rings. The van der Waals surface area contributed by atoms with Gasteiger partial charge in [0.15, 0.2) is 0 Å². The molecule has 1 N–H and O–H groups in total. The fraction of sp³-hybridized carbons (Fsp3) is 0.571. The fourth-order valence-electron chi connectivity index (χ4n) is 1.75.